The fraction of sp³-hybridized carbons (Fsp3) is 0.478. The van der Waals surface area contributed by atoms with Crippen molar-refractivity contribution < 1.29 is 9.53 Å². The molecule has 1 aliphatic heterocycles. The first-order chi connectivity index (χ1) is 14.7. The number of ether oxygens (including phenoxy) is 1. The summed E-state index contributed by atoms with van der Waals surface area (Å²) in [5.41, 5.74) is 1.85. The molecule has 0 aliphatic carbocycles. The van der Waals surface area contributed by atoms with E-state index in [1.54, 1.807) is 16.2 Å². The van der Waals surface area contributed by atoms with Gasteiger partial charge < -0.3 is 9.64 Å². The Labute approximate surface area is 183 Å². The van der Waals surface area contributed by atoms with Crippen molar-refractivity contribution in [1.29, 1.82) is 0 Å². The van der Waals surface area contributed by atoms with Gasteiger partial charge in [0, 0.05) is 13.1 Å². The highest BCUT2D eigenvalue weighted by atomic mass is 32.1. The van der Waals surface area contributed by atoms with Gasteiger partial charge in [0.2, 0.25) is 6.41 Å². The number of carbonyl (C=O) groups excluding carboxylic acids is 1. The lowest BCUT2D eigenvalue weighted by atomic mass is 10.2. The third-order valence-corrected chi connectivity index (χ3v) is 6.28. The van der Waals surface area contributed by atoms with Crippen LogP contribution in [0.4, 0.5) is 10.7 Å². The average molecular weight is 429 g/mol. The van der Waals surface area contributed by atoms with E-state index in [0.717, 1.165) is 67.6 Å². The van der Waals surface area contributed by atoms with Gasteiger partial charge in [0.05, 0.1) is 18.8 Å². The van der Waals surface area contributed by atoms with Crippen molar-refractivity contribution in [2.45, 2.75) is 27.2 Å². The van der Waals surface area contributed by atoms with E-state index in [1.165, 1.54) is 0 Å². The Balaban J connectivity index is 1.94. The second-order valence-corrected chi connectivity index (χ2v) is 8.27. The maximum atomic E-state index is 12.3. The van der Waals surface area contributed by atoms with Crippen LogP contribution in [0.25, 0.3) is 0 Å². The summed E-state index contributed by atoms with van der Waals surface area (Å²) in [7, 11) is 0. The van der Waals surface area contributed by atoms with Gasteiger partial charge in [0.15, 0.2) is 0 Å². The van der Waals surface area contributed by atoms with E-state index in [2.05, 4.69) is 29.7 Å². The van der Waals surface area contributed by atoms with E-state index in [1.807, 2.05) is 36.6 Å². The van der Waals surface area contributed by atoms with E-state index in [0.29, 0.717) is 18.9 Å². The molecule has 1 fully saturated rings. The van der Waals surface area contributed by atoms with Gasteiger partial charge in [-0.3, -0.25) is 14.6 Å². The Morgan fingerprint density at radius 3 is 2.63 bits per heavy atom. The van der Waals surface area contributed by atoms with Crippen LogP contribution in [0.3, 0.4) is 0 Å². The van der Waals surface area contributed by atoms with Crippen LogP contribution in [0.1, 0.15) is 25.8 Å². The highest BCUT2D eigenvalue weighted by Crippen LogP contribution is 2.30. The lowest BCUT2D eigenvalue weighted by Gasteiger charge is -2.27. The van der Waals surface area contributed by atoms with Crippen molar-refractivity contribution in [3.05, 3.63) is 41.3 Å². The van der Waals surface area contributed by atoms with Gasteiger partial charge >= 0.3 is 0 Å². The average Bonchev–Trinajstić information content (AvgIpc) is 3.02. The number of para-hydroxylation sites is 2. The van der Waals surface area contributed by atoms with Crippen LogP contribution >= 0.6 is 11.3 Å². The highest BCUT2D eigenvalue weighted by Gasteiger charge is 2.22. The number of hydrogen-bond donors (Lipinski definition) is 0. The van der Waals surface area contributed by atoms with Crippen molar-refractivity contribution in [3.8, 4) is 5.75 Å². The van der Waals surface area contributed by atoms with Crippen molar-refractivity contribution in [3.63, 3.8) is 0 Å². The summed E-state index contributed by atoms with van der Waals surface area (Å²) >= 11 is 1.60. The lowest BCUT2D eigenvalue weighted by Crippen LogP contribution is -2.41. The molecule has 1 amide bonds. The molecule has 2 aromatic rings. The zero-order valence-corrected chi connectivity index (χ0v) is 19.0. The number of amides is 1. The van der Waals surface area contributed by atoms with Gasteiger partial charge in [-0.25, -0.2) is 4.99 Å². The number of hydrogen-bond acceptors (Lipinski definition) is 6. The molecular weight excluding hydrogens is 396 g/mol. The number of nitrogens with zero attached hydrogens (tertiary/aromatic N) is 4. The topological polar surface area (TPSA) is 48.4 Å². The summed E-state index contributed by atoms with van der Waals surface area (Å²) in [6.07, 6.45) is 1.98. The number of amidine groups is 1. The molecule has 1 aliphatic rings. The third kappa shape index (κ3) is 5.68. The summed E-state index contributed by atoms with van der Waals surface area (Å²) in [5, 5.41) is 2.98. The minimum Gasteiger partial charge on any atom is -0.492 e. The SMILES string of the molecule is CCOc1ccccc1N(C=O)C(CN1CCCN(CC)CC1)=Nc1sccc1C. The quantitative estimate of drug-likeness (QED) is 0.360. The molecule has 2 heterocycles. The molecule has 0 saturated carbocycles. The van der Waals surface area contributed by atoms with Crippen LogP contribution in [-0.2, 0) is 4.79 Å². The van der Waals surface area contributed by atoms with E-state index in [4.69, 9.17) is 9.73 Å². The molecule has 0 bridgehead atoms. The largest absolute Gasteiger partial charge is 0.492 e. The first kappa shape index (κ1) is 22.5. The molecule has 7 heteroatoms. The number of carbonyl (C=O) groups is 1. The zero-order valence-electron chi connectivity index (χ0n) is 18.2. The number of rotatable bonds is 8. The summed E-state index contributed by atoms with van der Waals surface area (Å²) in [4.78, 5) is 23.8. The summed E-state index contributed by atoms with van der Waals surface area (Å²) in [5.74, 6) is 1.42. The van der Waals surface area contributed by atoms with Crippen molar-refractivity contribution >= 4 is 34.3 Å². The third-order valence-electron chi connectivity index (χ3n) is 5.37. The fourth-order valence-corrected chi connectivity index (χ4v) is 4.46. The minimum atomic E-state index is 0.541. The maximum absolute atomic E-state index is 12.3. The molecule has 3 rings (SSSR count). The van der Waals surface area contributed by atoms with Gasteiger partial charge in [0.25, 0.3) is 0 Å². The molecule has 1 aromatic heterocycles. The maximum Gasteiger partial charge on any atom is 0.219 e. The molecular formula is C23H32N4O2S. The summed E-state index contributed by atoms with van der Waals surface area (Å²) < 4.78 is 5.79. The Bertz CT molecular complexity index is 851. The molecule has 162 valence electrons. The molecule has 0 radical (unpaired) electrons. The van der Waals surface area contributed by atoms with Crippen LogP contribution in [-0.4, -0.2) is 67.9 Å². The molecule has 0 unspecified atom stereocenters. The van der Waals surface area contributed by atoms with Gasteiger partial charge in [-0.15, -0.1) is 11.3 Å². The van der Waals surface area contributed by atoms with Gasteiger partial charge in [-0.05, 0) is 69.0 Å². The van der Waals surface area contributed by atoms with Crippen molar-refractivity contribution in [1.82, 2.24) is 9.80 Å². The molecule has 0 spiro atoms. The van der Waals surface area contributed by atoms with Crippen LogP contribution in [0.15, 0.2) is 40.7 Å². The number of thiophene rings is 1. The highest BCUT2D eigenvalue weighted by molar-refractivity contribution is 7.14. The Hall–Kier alpha value is -2.22. The molecule has 6 nitrogen and oxygen atoms in total. The van der Waals surface area contributed by atoms with E-state index < -0.39 is 0 Å². The van der Waals surface area contributed by atoms with E-state index in [-0.39, 0.29) is 0 Å². The smallest absolute Gasteiger partial charge is 0.219 e. The predicted octanol–water partition coefficient (Wildman–Crippen LogP) is 4.18. The van der Waals surface area contributed by atoms with Crippen LogP contribution < -0.4 is 9.64 Å². The summed E-state index contributed by atoms with van der Waals surface area (Å²) in [6.45, 7) is 12.6. The Morgan fingerprint density at radius 2 is 1.93 bits per heavy atom. The van der Waals surface area contributed by atoms with Crippen LogP contribution in [0, 0.1) is 6.92 Å². The minimum absolute atomic E-state index is 0.541. The second kappa shape index (κ2) is 11.2. The van der Waals surface area contributed by atoms with Gasteiger partial charge in [0.1, 0.15) is 16.6 Å². The summed E-state index contributed by atoms with van der Waals surface area (Å²) in [6, 6.07) is 9.72. The van der Waals surface area contributed by atoms with Gasteiger partial charge in [-0.1, -0.05) is 19.1 Å². The Kier molecular flexibility index (Phi) is 8.42. The van der Waals surface area contributed by atoms with Crippen molar-refractivity contribution in [2.24, 2.45) is 4.99 Å². The number of anilines is 1. The van der Waals surface area contributed by atoms with Crippen LogP contribution in [0.5, 0.6) is 5.75 Å². The first-order valence-corrected chi connectivity index (χ1v) is 11.6. The fourth-order valence-electron chi connectivity index (χ4n) is 3.65. The number of aryl methyl sites for hydroxylation is 1. The van der Waals surface area contributed by atoms with Crippen molar-refractivity contribution in [2.75, 3.05) is 50.8 Å². The molecule has 1 saturated heterocycles. The first-order valence-electron chi connectivity index (χ1n) is 10.7. The predicted molar refractivity (Wildman–Crippen MR) is 125 cm³/mol. The molecule has 0 N–H and O–H groups in total. The molecule has 0 atom stereocenters. The molecule has 30 heavy (non-hydrogen) atoms. The normalized spacial score (nSPS) is 16.3. The van der Waals surface area contributed by atoms with Gasteiger partial charge in [-0.2, -0.15) is 0 Å². The number of benzene rings is 1. The lowest BCUT2D eigenvalue weighted by molar-refractivity contribution is -0.106. The molecule has 1 aromatic carbocycles. The standard InChI is InChI=1S/C23H32N4O2S/c1-4-25-12-8-13-26(15-14-25)17-22(24-23-19(3)11-16-30-23)27(18-28)20-9-6-7-10-21(20)29-5-2/h6-7,9-11,16,18H,4-5,8,12-15,17H2,1-3H3. The Morgan fingerprint density at radius 1 is 1.17 bits per heavy atom. The monoisotopic (exact) mass is 428 g/mol. The van der Waals surface area contributed by atoms with E-state index in [9.17, 15) is 4.79 Å². The number of aliphatic imine (C=N–C) groups is 1. The zero-order chi connectivity index (χ0) is 21.3. The number of likely N-dealkylation sites (N-methyl/N-ethyl adjacent to an activating group) is 1. The second-order valence-electron chi connectivity index (χ2n) is 7.38. The van der Waals surface area contributed by atoms with Crippen LogP contribution in [0.2, 0.25) is 0 Å². The van der Waals surface area contributed by atoms with E-state index >= 15 is 0 Å².